The van der Waals surface area contributed by atoms with Gasteiger partial charge in [-0.3, -0.25) is 9.59 Å². The van der Waals surface area contributed by atoms with Gasteiger partial charge < -0.3 is 19.7 Å². The van der Waals surface area contributed by atoms with Gasteiger partial charge in [0.2, 0.25) is 5.91 Å². The van der Waals surface area contributed by atoms with Gasteiger partial charge in [0.15, 0.2) is 0 Å². The Morgan fingerprint density at radius 3 is 3.04 bits per heavy atom. The maximum atomic E-state index is 12.8. The molecule has 2 aliphatic rings. The van der Waals surface area contributed by atoms with Crippen LogP contribution in [0.25, 0.3) is 0 Å². The van der Waals surface area contributed by atoms with E-state index in [1.807, 2.05) is 25.1 Å². The lowest BCUT2D eigenvalue weighted by Gasteiger charge is -2.36. The molecule has 0 spiro atoms. The number of ether oxygens (including phenoxy) is 2. The molecule has 0 aliphatic carbocycles. The number of carbonyl (C=O) groups excluding carboxylic acids is 2. The number of hydrogen-bond donors (Lipinski definition) is 1. The molecule has 2 amide bonds. The Balaban J connectivity index is 1.69. The van der Waals surface area contributed by atoms with Gasteiger partial charge in [0, 0.05) is 25.3 Å². The molecule has 1 fully saturated rings. The molecule has 3 rings (SSSR count). The van der Waals surface area contributed by atoms with Gasteiger partial charge in [-0.2, -0.15) is 0 Å². The van der Waals surface area contributed by atoms with E-state index < -0.39 is 12.1 Å². The predicted molar refractivity (Wildman–Crippen MR) is 94.7 cm³/mol. The van der Waals surface area contributed by atoms with Crippen LogP contribution in [0.5, 0.6) is 5.75 Å². The van der Waals surface area contributed by atoms with Gasteiger partial charge in [-0.25, -0.2) is 0 Å². The van der Waals surface area contributed by atoms with Crippen molar-refractivity contribution in [3.8, 4) is 5.75 Å². The molecule has 25 heavy (non-hydrogen) atoms. The number of hydrogen-bond acceptors (Lipinski definition) is 4. The molecule has 0 radical (unpaired) electrons. The quantitative estimate of drug-likeness (QED) is 0.889. The largest absolute Gasteiger partial charge is 0.493 e. The van der Waals surface area contributed by atoms with Crippen LogP contribution >= 0.6 is 0 Å². The van der Waals surface area contributed by atoms with Crippen molar-refractivity contribution in [1.29, 1.82) is 0 Å². The third-order valence-corrected chi connectivity index (χ3v) is 4.81. The van der Waals surface area contributed by atoms with Gasteiger partial charge in [0.25, 0.3) is 5.91 Å². The maximum absolute atomic E-state index is 12.8. The van der Waals surface area contributed by atoms with Crippen LogP contribution < -0.4 is 10.1 Å². The average Bonchev–Trinajstić information content (AvgIpc) is 3.09. The predicted octanol–water partition coefficient (Wildman–Crippen LogP) is 2.37. The Labute approximate surface area is 148 Å². The van der Waals surface area contributed by atoms with E-state index in [0.29, 0.717) is 26.2 Å². The van der Waals surface area contributed by atoms with Crippen LogP contribution in [0.15, 0.2) is 18.2 Å². The fourth-order valence-electron chi connectivity index (χ4n) is 3.51. The summed E-state index contributed by atoms with van der Waals surface area (Å²) in [6.07, 6.45) is 2.90. The minimum absolute atomic E-state index is 0.107. The number of anilines is 1. The highest BCUT2D eigenvalue weighted by Gasteiger charge is 2.34. The molecule has 2 heterocycles. The molecule has 0 unspecified atom stereocenters. The second-order valence-corrected chi connectivity index (χ2v) is 6.55. The zero-order valence-electron chi connectivity index (χ0n) is 14.9. The number of nitrogens with one attached hydrogen (secondary N) is 1. The minimum atomic E-state index is -0.518. The first kappa shape index (κ1) is 17.7. The molecule has 6 nitrogen and oxygen atoms in total. The van der Waals surface area contributed by atoms with Crippen molar-refractivity contribution >= 4 is 17.5 Å². The van der Waals surface area contributed by atoms with Crippen LogP contribution in [0.3, 0.4) is 0 Å². The summed E-state index contributed by atoms with van der Waals surface area (Å²) in [5, 5.41) is 2.97. The van der Waals surface area contributed by atoms with Gasteiger partial charge in [0.05, 0.1) is 6.61 Å². The van der Waals surface area contributed by atoms with Crippen molar-refractivity contribution in [3.63, 3.8) is 0 Å². The normalized spacial score (nSPS) is 20.6. The summed E-state index contributed by atoms with van der Waals surface area (Å²) in [6, 6.07) is 5.25. The number of piperidine rings is 1. The van der Waals surface area contributed by atoms with Crippen LogP contribution in [0.4, 0.5) is 5.69 Å². The van der Waals surface area contributed by atoms with Crippen LogP contribution in [0.2, 0.25) is 0 Å². The fraction of sp³-hybridized carbons (Fsp3) is 0.579. The van der Waals surface area contributed by atoms with E-state index >= 15 is 0 Å². The van der Waals surface area contributed by atoms with Gasteiger partial charge >= 0.3 is 0 Å². The standard InChI is InChI=1S/C19H26N2O4/c1-3-24-13(2)19(23)21-10-5-4-6-16(21)18(22)20-15-7-8-17-14(12-15)9-11-25-17/h7-8,12-13,16H,3-6,9-11H2,1-2H3,(H,20,22)/t13-,16+/m1/s1. The Kier molecular flexibility index (Phi) is 5.58. The lowest BCUT2D eigenvalue weighted by molar-refractivity contribution is -0.149. The van der Waals surface area contributed by atoms with Gasteiger partial charge in [0.1, 0.15) is 17.9 Å². The number of fused-ring (bicyclic) bond motifs is 1. The monoisotopic (exact) mass is 346 g/mol. The molecule has 2 atom stereocenters. The van der Waals surface area contributed by atoms with E-state index in [1.165, 1.54) is 0 Å². The van der Waals surface area contributed by atoms with E-state index in [2.05, 4.69) is 5.32 Å². The molecule has 6 heteroatoms. The SMILES string of the molecule is CCO[C@H](C)C(=O)N1CCCC[C@H]1C(=O)Nc1ccc2c(c1)CCO2. The molecule has 0 aromatic heterocycles. The summed E-state index contributed by atoms with van der Waals surface area (Å²) in [7, 11) is 0. The fourth-order valence-corrected chi connectivity index (χ4v) is 3.51. The molecule has 1 N–H and O–H groups in total. The van der Waals surface area contributed by atoms with Gasteiger partial charge in [-0.15, -0.1) is 0 Å². The summed E-state index contributed by atoms with van der Waals surface area (Å²) in [5.74, 6) is 0.651. The second-order valence-electron chi connectivity index (χ2n) is 6.55. The first-order chi connectivity index (χ1) is 12.1. The maximum Gasteiger partial charge on any atom is 0.252 e. The first-order valence-corrected chi connectivity index (χ1v) is 9.09. The highest BCUT2D eigenvalue weighted by atomic mass is 16.5. The summed E-state index contributed by atoms with van der Waals surface area (Å²) in [5.41, 5.74) is 1.87. The van der Waals surface area contributed by atoms with Crippen molar-refractivity contribution < 1.29 is 19.1 Å². The summed E-state index contributed by atoms with van der Waals surface area (Å²) >= 11 is 0. The Bertz CT molecular complexity index is 646. The summed E-state index contributed by atoms with van der Waals surface area (Å²) in [4.78, 5) is 27.1. The molecular formula is C19H26N2O4. The zero-order valence-corrected chi connectivity index (χ0v) is 14.9. The topological polar surface area (TPSA) is 67.9 Å². The number of rotatable bonds is 5. The molecule has 0 saturated carbocycles. The Morgan fingerprint density at radius 2 is 2.24 bits per heavy atom. The molecule has 0 bridgehead atoms. The van der Waals surface area contributed by atoms with Crippen molar-refractivity contribution in [3.05, 3.63) is 23.8 Å². The van der Waals surface area contributed by atoms with Crippen molar-refractivity contribution in [2.75, 3.05) is 25.1 Å². The van der Waals surface area contributed by atoms with E-state index in [1.54, 1.807) is 11.8 Å². The van der Waals surface area contributed by atoms with Gasteiger partial charge in [-0.1, -0.05) is 0 Å². The number of carbonyl (C=O) groups is 2. The van der Waals surface area contributed by atoms with E-state index in [-0.39, 0.29) is 11.8 Å². The highest BCUT2D eigenvalue weighted by Crippen LogP contribution is 2.28. The molecule has 1 aromatic carbocycles. The van der Waals surface area contributed by atoms with E-state index in [4.69, 9.17) is 9.47 Å². The molecule has 1 aromatic rings. The number of benzene rings is 1. The summed E-state index contributed by atoms with van der Waals surface area (Å²) in [6.45, 7) is 5.38. The van der Waals surface area contributed by atoms with Crippen LogP contribution in [0.1, 0.15) is 38.7 Å². The lowest BCUT2D eigenvalue weighted by Crippen LogP contribution is -2.53. The third kappa shape index (κ3) is 3.95. The number of likely N-dealkylation sites (tertiary alicyclic amines) is 1. The molecule has 1 saturated heterocycles. The first-order valence-electron chi connectivity index (χ1n) is 9.09. The average molecular weight is 346 g/mol. The smallest absolute Gasteiger partial charge is 0.252 e. The summed E-state index contributed by atoms with van der Waals surface area (Å²) < 4.78 is 10.9. The third-order valence-electron chi connectivity index (χ3n) is 4.81. The van der Waals surface area contributed by atoms with Crippen LogP contribution in [-0.2, 0) is 20.7 Å². The molecule has 2 aliphatic heterocycles. The molecular weight excluding hydrogens is 320 g/mol. The van der Waals surface area contributed by atoms with E-state index in [9.17, 15) is 9.59 Å². The van der Waals surface area contributed by atoms with E-state index in [0.717, 1.165) is 36.3 Å². The van der Waals surface area contributed by atoms with Crippen molar-refractivity contribution in [2.24, 2.45) is 0 Å². The Morgan fingerprint density at radius 1 is 1.40 bits per heavy atom. The molecule has 136 valence electrons. The van der Waals surface area contributed by atoms with Gasteiger partial charge in [-0.05, 0) is 56.9 Å². The second kappa shape index (κ2) is 7.87. The minimum Gasteiger partial charge on any atom is -0.493 e. The van der Waals surface area contributed by atoms with Crippen molar-refractivity contribution in [2.45, 2.75) is 51.7 Å². The van der Waals surface area contributed by atoms with Crippen LogP contribution in [0, 0.1) is 0 Å². The number of amides is 2. The van der Waals surface area contributed by atoms with Crippen molar-refractivity contribution in [1.82, 2.24) is 4.90 Å². The Hall–Kier alpha value is -2.08. The van der Waals surface area contributed by atoms with Crippen LogP contribution in [-0.4, -0.2) is 48.6 Å². The lowest BCUT2D eigenvalue weighted by atomic mass is 10.0. The number of nitrogens with zero attached hydrogens (tertiary/aromatic N) is 1. The highest BCUT2D eigenvalue weighted by molar-refractivity contribution is 5.98. The zero-order chi connectivity index (χ0) is 17.8.